The molecule has 0 bridgehead atoms. The molecule has 0 saturated carbocycles. The van der Waals surface area contributed by atoms with E-state index in [0.717, 1.165) is 45.9 Å². The van der Waals surface area contributed by atoms with Crippen LogP contribution in [0.4, 0.5) is 5.69 Å². The van der Waals surface area contributed by atoms with Crippen LogP contribution in [-0.2, 0) is 16.7 Å². The minimum atomic E-state index is -4.31. The third-order valence-electron chi connectivity index (χ3n) is 8.90. The van der Waals surface area contributed by atoms with Gasteiger partial charge in [-0.2, -0.15) is 4.57 Å². The molecule has 1 aliphatic carbocycles. The third-order valence-corrected chi connectivity index (χ3v) is 12.9. The van der Waals surface area contributed by atoms with Crippen LogP contribution in [0.5, 0.6) is 5.75 Å². The van der Waals surface area contributed by atoms with Crippen LogP contribution in [0.3, 0.4) is 0 Å². The molecule has 3 heterocycles. The average Bonchev–Trinajstić information content (AvgIpc) is 3.74. The zero-order valence-corrected chi connectivity index (χ0v) is 30.8. The Balaban J connectivity index is 1.29. The Morgan fingerprint density at radius 2 is 1.92 bits per heavy atom. The zero-order valence-electron chi connectivity index (χ0n) is 27.5. The Kier molecular flexibility index (Phi) is 9.06. The number of benzene rings is 3. The number of thiazole rings is 1. The second-order valence-corrected chi connectivity index (χ2v) is 17.7. The fourth-order valence-corrected chi connectivity index (χ4v) is 10.6. The van der Waals surface area contributed by atoms with Gasteiger partial charge in [-0.25, -0.2) is 8.42 Å². The van der Waals surface area contributed by atoms with Gasteiger partial charge in [0.25, 0.3) is 5.01 Å². The van der Waals surface area contributed by atoms with Gasteiger partial charge in [0, 0.05) is 46.5 Å². The number of rotatable bonds is 9. The topological polar surface area (TPSA) is 73.6 Å². The highest BCUT2D eigenvalue weighted by molar-refractivity contribution is 8.03. The van der Waals surface area contributed by atoms with Gasteiger partial charge in [-0.15, -0.1) is 11.3 Å². The summed E-state index contributed by atoms with van der Waals surface area (Å²) in [6, 6.07) is 21.4. The average molecular weight is 715 g/mol. The standard InChI is InChI=1S/C38H38N2O4S4/c1-5-39-32-22-29(44-4)11-13-34(32)46-35(39)19-25-18-26(24-38(2,3)23-25)20-36-40(15-7-17-48(41,42)43)31-21-28(10-12-33(31)47-36)30-9-6-8-27-14-16-45-37(27)30/h6,8-14,16,18-22H,5,7,15,17,23-24H2,1-4H3. The molecule has 10 heteroatoms. The number of allylic oxidation sites excluding steroid dienone is 4. The molecule has 0 saturated heterocycles. The molecule has 2 aromatic heterocycles. The van der Waals surface area contributed by atoms with E-state index in [1.807, 2.05) is 6.07 Å². The molecular formula is C38H38N2O4S4. The highest BCUT2D eigenvalue weighted by atomic mass is 32.2. The molecule has 0 amide bonds. The Hall–Kier alpha value is -3.41. The maximum Gasteiger partial charge on any atom is 0.263 e. The van der Waals surface area contributed by atoms with Gasteiger partial charge in [-0.05, 0) is 88.6 Å². The first-order chi connectivity index (χ1) is 23.0. The summed E-state index contributed by atoms with van der Waals surface area (Å²) in [7, 11) is -2.60. The Morgan fingerprint density at radius 1 is 1.06 bits per heavy atom. The van der Waals surface area contributed by atoms with Crippen molar-refractivity contribution in [2.75, 3.05) is 24.3 Å². The molecule has 6 nitrogen and oxygen atoms in total. The molecule has 48 heavy (non-hydrogen) atoms. The summed E-state index contributed by atoms with van der Waals surface area (Å²) >= 11 is 5.25. The minimum absolute atomic E-state index is 0.0636. The first-order valence-corrected chi connectivity index (χ1v) is 20.2. The highest BCUT2D eigenvalue weighted by Crippen LogP contribution is 2.49. The number of thioether (sulfide) groups is 1. The van der Waals surface area contributed by atoms with Gasteiger partial charge in [0.15, 0.2) is 6.54 Å². The van der Waals surface area contributed by atoms with Gasteiger partial charge in [0.05, 0.1) is 27.9 Å². The molecule has 248 valence electrons. The van der Waals surface area contributed by atoms with E-state index in [2.05, 4.69) is 108 Å². The molecular weight excluding hydrogens is 677 g/mol. The first-order valence-electron chi connectivity index (χ1n) is 16.1. The molecule has 3 aromatic carbocycles. The van der Waals surface area contributed by atoms with Crippen LogP contribution < -0.4 is 14.2 Å². The summed E-state index contributed by atoms with van der Waals surface area (Å²) < 4.78 is 44.8. The monoisotopic (exact) mass is 714 g/mol. The molecule has 5 aromatic rings. The SMILES string of the molecule is CCN1/C(=C/C2=CC(=C/c3sc4ccc(-c5cccc6ccsc56)cc4[n+]3CCCS(=O)(=O)[O-])/CC(C)(C)C2)Sc2ccc(OC)cc21. The second kappa shape index (κ2) is 13.1. The van der Waals surface area contributed by atoms with Crippen molar-refractivity contribution in [1.29, 1.82) is 0 Å². The van der Waals surface area contributed by atoms with Gasteiger partial charge in [-0.1, -0.05) is 67.3 Å². The number of anilines is 1. The molecule has 0 N–H and O–H groups in total. The van der Waals surface area contributed by atoms with Crippen LogP contribution in [0.25, 0.3) is 37.5 Å². The van der Waals surface area contributed by atoms with Crippen LogP contribution in [-0.4, -0.2) is 32.4 Å². The smallest absolute Gasteiger partial charge is 0.263 e. The third kappa shape index (κ3) is 6.87. The van der Waals surface area contributed by atoms with E-state index < -0.39 is 10.1 Å². The normalized spacial score (nSPS) is 17.9. The van der Waals surface area contributed by atoms with Crippen molar-refractivity contribution in [2.24, 2.45) is 5.41 Å². The molecule has 7 rings (SSSR count). The van der Waals surface area contributed by atoms with Crippen LogP contribution in [0.2, 0.25) is 0 Å². The number of nitrogens with zero attached hydrogens (tertiary/aromatic N) is 2. The van der Waals surface area contributed by atoms with E-state index in [1.54, 1.807) is 41.5 Å². The van der Waals surface area contributed by atoms with E-state index in [1.165, 1.54) is 42.4 Å². The summed E-state index contributed by atoms with van der Waals surface area (Å²) in [6.07, 6.45) is 9.10. The summed E-state index contributed by atoms with van der Waals surface area (Å²) in [5, 5.41) is 5.62. The van der Waals surface area contributed by atoms with E-state index in [0.29, 0.717) is 6.54 Å². The van der Waals surface area contributed by atoms with E-state index in [4.69, 9.17) is 4.74 Å². The minimum Gasteiger partial charge on any atom is -0.748 e. The molecule has 0 atom stereocenters. The van der Waals surface area contributed by atoms with Gasteiger partial charge < -0.3 is 14.2 Å². The lowest BCUT2D eigenvalue weighted by molar-refractivity contribution is -0.668. The summed E-state index contributed by atoms with van der Waals surface area (Å²) in [5.41, 5.74) is 7.13. The molecule has 0 fully saturated rings. The van der Waals surface area contributed by atoms with Crippen molar-refractivity contribution in [3.63, 3.8) is 0 Å². The van der Waals surface area contributed by atoms with Crippen LogP contribution >= 0.6 is 34.4 Å². The van der Waals surface area contributed by atoms with Crippen molar-refractivity contribution in [2.45, 2.75) is 51.5 Å². The second-order valence-electron chi connectivity index (χ2n) is 13.2. The molecule has 1 aliphatic heterocycles. The summed E-state index contributed by atoms with van der Waals surface area (Å²) in [6.45, 7) is 8.13. The molecule has 2 aliphatic rings. The number of aromatic nitrogens is 1. The van der Waals surface area contributed by atoms with E-state index in [-0.39, 0.29) is 17.6 Å². The van der Waals surface area contributed by atoms with Crippen molar-refractivity contribution in [3.8, 4) is 16.9 Å². The lowest BCUT2D eigenvalue weighted by Gasteiger charge is -2.31. The van der Waals surface area contributed by atoms with E-state index >= 15 is 0 Å². The van der Waals surface area contributed by atoms with Gasteiger partial charge in [-0.3, -0.25) is 0 Å². The van der Waals surface area contributed by atoms with Gasteiger partial charge >= 0.3 is 0 Å². The zero-order chi connectivity index (χ0) is 33.6. The largest absolute Gasteiger partial charge is 0.748 e. The number of methoxy groups -OCH3 is 1. The molecule has 0 spiro atoms. The van der Waals surface area contributed by atoms with Crippen LogP contribution in [0, 0.1) is 5.41 Å². The predicted octanol–water partition coefficient (Wildman–Crippen LogP) is 9.62. The lowest BCUT2D eigenvalue weighted by Crippen LogP contribution is -2.36. The quantitative estimate of drug-likeness (QED) is 0.112. The maximum absolute atomic E-state index is 11.6. The van der Waals surface area contributed by atoms with Crippen molar-refractivity contribution in [3.05, 3.63) is 99.4 Å². The van der Waals surface area contributed by atoms with Crippen molar-refractivity contribution in [1.82, 2.24) is 0 Å². The number of fused-ring (bicyclic) bond motifs is 3. The number of thiophene rings is 1. The Bertz CT molecular complexity index is 2240. The number of hydrogen-bond acceptors (Lipinski definition) is 8. The van der Waals surface area contributed by atoms with Gasteiger partial charge in [0.2, 0.25) is 5.52 Å². The number of hydrogen-bond donors (Lipinski definition) is 0. The molecule has 0 radical (unpaired) electrons. The highest BCUT2D eigenvalue weighted by Gasteiger charge is 2.30. The number of aryl methyl sites for hydroxylation is 1. The van der Waals surface area contributed by atoms with Crippen LogP contribution in [0.1, 0.15) is 45.0 Å². The van der Waals surface area contributed by atoms with Crippen LogP contribution in [0.15, 0.2) is 99.3 Å². The lowest BCUT2D eigenvalue weighted by atomic mass is 9.75. The Morgan fingerprint density at radius 3 is 2.71 bits per heavy atom. The fraction of sp³-hybridized carbons (Fsp3) is 0.289. The Labute approximate surface area is 294 Å². The van der Waals surface area contributed by atoms with E-state index in [9.17, 15) is 13.0 Å². The summed E-state index contributed by atoms with van der Waals surface area (Å²) in [5.74, 6) is 0.476. The molecule has 0 unspecified atom stereocenters. The predicted molar refractivity (Wildman–Crippen MR) is 201 cm³/mol. The van der Waals surface area contributed by atoms with Gasteiger partial charge in [0.1, 0.15) is 10.4 Å². The maximum atomic E-state index is 11.6. The van der Waals surface area contributed by atoms with Crippen molar-refractivity contribution >= 4 is 76.6 Å². The first kappa shape index (κ1) is 33.1. The summed E-state index contributed by atoms with van der Waals surface area (Å²) in [4.78, 5) is 3.59. The van der Waals surface area contributed by atoms with Crippen molar-refractivity contribution < 1.29 is 22.3 Å². The number of ether oxygens (including phenoxy) is 1. The fourth-order valence-electron chi connectivity index (χ4n) is 6.88.